The summed E-state index contributed by atoms with van der Waals surface area (Å²) >= 11 is 0. The Balaban J connectivity index is 1.70. The number of nitrogen functional groups attached to an aromatic ring is 1. The molecule has 0 saturated carbocycles. The van der Waals surface area contributed by atoms with E-state index < -0.39 is 4.92 Å². The van der Waals surface area contributed by atoms with Crippen molar-refractivity contribution in [3.63, 3.8) is 0 Å². The van der Waals surface area contributed by atoms with Crippen LogP contribution in [0.2, 0.25) is 0 Å². The van der Waals surface area contributed by atoms with E-state index in [0.717, 1.165) is 18.7 Å². The Labute approximate surface area is 121 Å². The summed E-state index contributed by atoms with van der Waals surface area (Å²) < 4.78 is 0. The van der Waals surface area contributed by atoms with Crippen LogP contribution in [-0.2, 0) is 19.6 Å². The third-order valence-corrected chi connectivity index (χ3v) is 3.47. The van der Waals surface area contributed by atoms with Gasteiger partial charge < -0.3 is 16.4 Å². The number of hydrogen-bond donors (Lipinski definition) is 3. The molecule has 1 aliphatic rings. The molecule has 0 spiro atoms. The highest BCUT2D eigenvalue weighted by atomic mass is 16.6. The van der Waals surface area contributed by atoms with Crippen molar-refractivity contribution in [1.29, 1.82) is 0 Å². The van der Waals surface area contributed by atoms with Crippen LogP contribution < -0.4 is 16.4 Å². The Morgan fingerprint density at radius 2 is 2.10 bits per heavy atom. The van der Waals surface area contributed by atoms with E-state index in [9.17, 15) is 10.1 Å². The van der Waals surface area contributed by atoms with Gasteiger partial charge in [0.25, 0.3) is 0 Å². The largest absolute Gasteiger partial charge is 0.378 e. The van der Waals surface area contributed by atoms with Crippen molar-refractivity contribution >= 4 is 17.3 Å². The average molecular weight is 285 g/mol. The van der Waals surface area contributed by atoms with Gasteiger partial charge in [0.05, 0.1) is 4.92 Å². The van der Waals surface area contributed by atoms with Crippen LogP contribution in [0, 0.1) is 10.1 Å². The summed E-state index contributed by atoms with van der Waals surface area (Å²) in [6.45, 7) is 2.41. The van der Waals surface area contributed by atoms with Gasteiger partial charge in [0.2, 0.25) is 5.82 Å². The number of rotatable bonds is 4. The first kappa shape index (κ1) is 13.3. The van der Waals surface area contributed by atoms with Gasteiger partial charge in [-0.15, -0.1) is 0 Å². The number of nitrogens with zero attached hydrogens (tertiary/aromatic N) is 2. The molecule has 1 aliphatic heterocycles. The van der Waals surface area contributed by atoms with Crippen LogP contribution in [0.3, 0.4) is 0 Å². The van der Waals surface area contributed by atoms with E-state index in [-0.39, 0.29) is 11.5 Å². The number of hydrogen-bond acceptors (Lipinski definition) is 6. The Hall–Kier alpha value is -2.67. The number of aromatic nitrogens is 1. The van der Waals surface area contributed by atoms with Gasteiger partial charge in [-0.2, -0.15) is 0 Å². The SMILES string of the molecule is Nc1nc(NCc2ccc3c(c2)CNC3)ccc1[N+](=O)[O-]. The number of nitrogens with one attached hydrogen (secondary N) is 2. The monoisotopic (exact) mass is 285 g/mol. The zero-order chi connectivity index (χ0) is 14.8. The molecule has 0 atom stereocenters. The van der Waals surface area contributed by atoms with Crippen molar-refractivity contribution in [3.8, 4) is 0 Å². The quantitative estimate of drug-likeness (QED) is 0.584. The summed E-state index contributed by atoms with van der Waals surface area (Å²) in [4.78, 5) is 14.1. The summed E-state index contributed by atoms with van der Waals surface area (Å²) in [6.07, 6.45) is 0. The standard InChI is InChI=1S/C14H15N5O2/c15-14-12(19(20)21)3-4-13(18-14)17-6-9-1-2-10-7-16-8-11(10)5-9/h1-5,16H,6-8H2,(H3,15,17,18). The highest BCUT2D eigenvalue weighted by molar-refractivity contribution is 5.57. The fourth-order valence-corrected chi connectivity index (χ4v) is 2.37. The fourth-order valence-electron chi connectivity index (χ4n) is 2.37. The maximum Gasteiger partial charge on any atom is 0.311 e. The lowest BCUT2D eigenvalue weighted by Crippen LogP contribution is -2.05. The number of pyridine rings is 1. The first-order chi connectivity index (χ1) is 10.1. The Bertz CT molecular complexity index is 702. The van der Waals surface area contributed by atoms with Crippen molar-refractivity contribution in [1.82, 2.24) is 10.3 Å². The molecule has 0 saturated heterocycles. The van der Waals surface area contributed by atoms with Gasteiger partial charge in [-0.25, -0.2) is 4.98 Å². The number of nitrogens with two attached hydrogens (primary N) is 1. The lowest BCUT2D eigenvalue weighted by Gasteiger charge is -2.08. The minimum absolute atomic E-state index is 0.0804. The summed E-state index contributed by atoms with van der Waals surface area (Å²) in [5.74, 6) is 0.444. The minimum Gasteiger partial charge on any atom is -0.378 e. The molecule has 21 heavy (non-hydrogen) atoms. The Kier molecular flexibility index (Phi) is 3.41. The summed E-state index contributed by atoms with van der Waals surface area (Å²) in [6, 6.07) is 9.25. The predicted molar refractivity (Wildman–Crippen MR) is 79.6 cm³/mol. The molecule has 1 aromatic carbocycles. The number of anilines is 2. The van der Waals surface area contributed by atoms with Crippen molar-refractivity contribution in [2.45, 2.75) is 19.6 Å². The Morgan fingerprint density at radius 3 is 2.86 bits per heavy atom. The van der Waals surface area contributed by atoms with Gasteiger partial charge in [0, 0.05) is 25.7 Å². The second-order valence-corrected chi connectivity index (χ2v) is 4.92. The van der Waals surface area contributed by atoms with E-state index >= 15 is 0 Å². The number of fused-ring (bicyclic) bond motifs is 1. The minimum atomic E-state index is -0.542. The maximum atomic E-state index is 10.7. The second-order valence-electron chi connectivity index (χ2n) is 4.92. The molecule has 4 N–H and O–H groups in total. The Morgan fingerprint density at radius 1 is 1.29 bits per heavy atom. The molecular formula is C14H15N5O2. The van der Waals surface area contributed by atoms with Crippen molar-refractivity contribution < 1.29 is 4.92 Å². The summed E-state index contributed by atoms with van der Waals surface area (Å²) in [7, 11) is 0. The van der Waals surface area contributed by atoms with E-state index in [1.54, 1.807) is 6.07 Å². The van der Waals surface area contributed by atoms with Crippen molar-refractivity contribution in [3.05, 3.63) is 57.1 Å². The van der Waals surface area contributed by atoms with Crippen LogP contribution in [0.4, 0.5) is 17.3 Å². The molecule has 0 amide bonds. The zero-order valence-corrected chi connectivity index (χ0v) is 11.3. The molecule has 0 fully saturated rings. The topological polar surface area (TPSA) is 106 Å². The molecule has 7 nitrogen and oxygen atoms in total. The van der Waals surface area contributed by atoms with E-state index in [4.69, 9.17) is 5.73 Å². The molecule has 1 aromatic heterocycles. The predicted octanol–water partition coefficient (Wildman–Crippen LogP) is 1.79. The fraction of sp³-hybridized carbons (Fsp3) is 0.214. The highest BCUT2D eigenvalue weighted by Gasteiger charge is 2.13. The second kappa shape index (κ2) is 5.37. The molecular weight excluding hydrogens is 270 g/mol. The maximum absolute atomic E-state index is 10.7. The van der Waals surface area contributed by atoms with Gasteiger partial charge in [0.1, 0.15) is 5.82 Å². The van der Waals surface area contributed by atoms with Gasteiger partial charge in [-0.3, -0.25) is 10.1 Å². The first-order valence-electron chi connectivity index (χ1n) is 6.59. The molecule has 2 aromatic rings. The number of benzene rings is 1. The van der Waals surface area contributed by atoms with Gasteiger partial charge in [0.15, 0.2) is 0 Å². The lowest BCUT2D eigenvalue weighted by molar-refractivity contribution is -0.384. The van der Waals surface area contributed by atoms with Crippen LogP contribution >= 0.6 is 0 Å². The van der Waals surface area contributed by atoms with Crippen molar-refractivity contribution in [2.24, 2.45) is 0 Å². The lowest BCUT2D eigenvalue weighted by atomic mass is 10.1. The van der Waals surface area contributed by atoms with Gasteiger partial charge >= 0.3 is 5.69 Å². The molecule has 7 heteroatoms. The van der Waals surface area contributed by atoms with Crippen molar-refractivity contribution in [2.75, 3.05) is 11.1 Å². The average Bonchev–Trinajstić information content (AvgIpc) is 2.92. The summed E-state index contributed by atoms with van der Waals surface area (Å²) in [5, 5.41) is 17.1. The zero-order valence-electron chi connectivity index (χ0n) is 11.3. The van der Waals surface area contributed by atoms with Gasteiger partial charge in [-0.1, -0.05) is 18.2 Å². The van der Waals surface area contributed by atoms with Crippen LogP contribution in [0.15, 0.2) is 30.3 Å². The third kappa shape index (κ3) is 2.77. The molecule has 3 rings (SSSR count). The molecule has 0 bridgehead atoms. The number of nitro groups is 1. The summed E-state index contributed by atoms with van der Waals surface area (Å²) in [5.41, 5.74) is 9.16. The molecule has 0 radical (unpaired) electrons. The molecule has 2 heterocycles. The molecule has 108 valence electrons. The van der Waals surface area contributed by atoms with Crippen LogP contribution in [0.1, 0.15) is 16.7 Å². The van der Waals surface area contributed by atoms with Crippen LogP contribution in [0.25, 0.3) is 0 Å². The highest BCUT2D eigenvalue weighted by Crippen LogP contribution is 2.22. The molecule has 0 unspecified atom stereocenters. The van der Waals surface area contributed by atoms with E-state index in [2.05, 4.69) is 33.8 Å². The van der Waals surface area contributed by atoms with Crippen LogP contribution in [0.5, 0.6) is 0 Å². The normalized spacial score (nSPS) is 13.0. The van der Waals surface area contributed by atoms with E-state index in [0.29, 0.717) is 12.4 Å². The van der Waals surface area contributed by atoms with Gasteiger partial charge in [-0.05, 0) is 22.8 Å². The van der Waals surface area contributed by atoms with E-state index in [1.165, 1.54) is 17.2 Å². The third-order valence-electron chi connectivity index (χ3n) is 3.47. The smallest absolute Gasteiger partial charge is 0.311 e. The van der Waals surface area contributed by atoms with Crippen LogP contribution in [-0.4, -0.2) is 9.91 Å². The first-order valence-corrected chi connectivity index (χ1v) is 6.59. The van der Waals surface area contributed by atoms with E-state index in [1.807, 2.05) is 0 Å². The molecule has 0 aliphatic carbocycles.